The lowest BCUT2D eigenvalue weighted by molar-refractivity contribution is -0.137. The van der Waals surface area contributed by atoms with Gasteiger partial charge in [0.15, 0.2) is 5.54 Å². The van der Waals surface area contributed by atoms with Crippen LogP contribution in [0.2, 0.25) is 0 Å². The molecule has 1 rings (SSSR count). The largest absolute Gasteiger partial charge is 0.481 e. The summed E-state index contributed by atoms with van der Waals surface area (Å²) in [5.41, 5.74) is 3.66. The molecule has 1 unspecified atom stereocenters. The SMILES string of the molecule is CC1=NNC(=O)C1(CCCCCC(=O)O)NO. The van der Waals surface area contributed by atoms with Crippen molar-refractivity contribution in [2.45, 2.75) is 44.6 Å². The third-order valence-electron chi connectivity index (χ3n) is 2.96. The van der Waals surface area contributed by atoms with Gasteiger partial charge in [-0.05, 0) is 19.8 Å². The van der Waals surface area contributed by atoms with Crippen LogP contribution >= 0.6 is 0 Å². The molecule has 0 saturated carbocycles. The second-order valence-electron chi connectivity index (χ2n) is 4.11. The van der Waals surface area contributed by atoms with Gasteiger partial charge in [0.05, 0.1) is 5.71 Å². The van der Waals surface area contributed by atoms with Gasteiger partial charge in [-0.15, -0.1) is 0 Å². The zero-order chi connectivity index (χ0) is 12.9. The van der Waals surface area contributed by atoms with E-state index in [0.717, 1.165) is 0 Å². The van der Waals surface area contributed by atoms with Crippen molar-refractivity contribution in [1.82, 2.24) is 10.9 Å². The normalized spacial score (nSPS) is 23.4. The number of hydroxylamine groups is 1. The van der Waals surface area contributed by atoms with E-state index in [2.05, 4.69) is 10.5 Å². The number of carbonyl (C=O) groups is 2. The van der Waals surface area contributed by atoms with Crippen molar-refractivity contribution in [2.24, 2.45) is 5.10 Å². The van der Waals surface area contributed by atoms with E-state index in [1.165, 1.54) is 0 Å². The highest BCUT2D eigenvalue weighted by atomic mass is 16.5. The molecule has 0 aliphatic carbocycles. The number of aliphatic carboxylic acids is 1. The van der Waals surface area contributed by atoms with Crippen molar-refractivity contribution in [3.05, 3.63) is 0 Å². The Balaban J connectivity index is 2.40. The summed E-state index contributed by atoms with van der Waals surface area (Å²) in [4.78, 5) is 21.9. The monoisotopic (exact) mass is 243 g/mol. The first kappa shape index (κ1) is 13.6. The van der Waals surface area contributed by atoms with E-state index in [1.54, 1.807) is 6.92 Å². The molecule has 0 saturated heterocycles. The minimum absolute atomic E-state index is 0.124. The summed E-state index contributed by atoms with van der Waals surface area (Å²) in [6.45, 7) is 1.65. The molecule has 0 aromatic rings. The van der Waals surface area contributed by atoms with Crippen molar-refractivity contribution in [2.75, 3.05) is 0 Å². The number of carbonyl (C=O) groups excluding carboxylic acids is 1. The van der Waals surface area contributed by atoms with E-state index in [9.17, 15) is 9.59 Å². The molecule has 17 heavy (non-hydrogen) atoms. The molecule has 1 atom stereocenters. The van der Waals surface area contributed by atoms with Gasteiger partial charge in [-0.3, -0.25) is 9.59 Å². The number of nitrogens with zero attached hydrogens (tertiary/aromatic N) is 1. The molecule has 1 amide bonds. The molecule has 7 heteroatoms. The van der Waals surface area contributed by atoms with Gasteiger partial charge in [0, 0.05) is 6.42 Å². The van der Waals surface area contributed by atoms with Crippen molar-refractivity contribution in [1.29, 1.82) is 0 Å². The lowest BCUT2D eigenvalue weighted by Crippen LogP contribution is -2.55. The summed E-state index contributed by atoms with van der Waals surface area (Å²) >= 11 is 0. The number of hydrogen-bond donors (Lipinski definition) is 4. The van der Waals surface area contributed by atoms with E-state index in [0.29, 0.717) is 31.4 Å². The van der Waals surface area contributed by atoms with Crippen LogP contribution in [0.25, 0.3) is 0 Å². The van der Waals surface area contributed by atoms with Crippen LogP contribution in [-0.4, -0.2) is 33.4 Å². The Hall–Kier alpha value is -1.47. The third kappa shape index (κ3) is 3.01. The van der Waals surface area contributed by atoms with Gasteiger partial charge in [-0.25, -0.2) is 5.43 Å². The molecule has 0 radical (unpaired) electrons. The molecular weight excluding hydrogens is 226 g/mol. The van der Waals surface area contributed by atoms with Gasteiger partial charge >= 0.3 is 5.97 Å². The van der Waals surface area contributed by atoms with Crippen LogP contribution in [-0.2, 0) is 9.59 Å². The Morgan fingerprint density at radius 2 is 2.18 bits per heavy atom. The highest BCUT2D eigenvalue weighted by molar-refractivity contribution is 6.15. The average Bonchev–Trinajstić information content (AvgIpc) is 2.56. The van der Waals surface area contributed by atoms with Gasteiger partial charge in [-0.1, -0.05) is 12.8 Å². The molecule has 96 valence electrons. The Kier molecular flexibility index (Phi) is 4.59. The van der Waals surface area contributed by atoms with E-state index in [4.69, 9.17) is 10.3 Å². The van der Waals surface area contributed by atoms with Gasteiger partial charge in [0.1, 0.15) is 0 Å². The summed E-state index contributed by atoms with van der Waals surface area (Å²) in [5, 5.41) is 21.4. The number of hydrazone groups is 1. The lowest BCUT2D eigenvalue weighted by atomic mass is 9.88. The van der Waals surface area contributed by atoms with Crippen LogP contribution in [0.5, 0.6) is 0 Å². The van der Waals surface area contributed by atoms with Crippen LogP contribution in [0.4, 0.5) is 0 Å². The topological polar surface area (TPSA) is 111 Å². The van der Waals surface area contributed by atoms with Crippen molar-refractivity contribution in [3.63, 3.8) is 0 Å². The summed E-state index contributed by atoms with van der Waals surface area (Å²) in [7, 11) is 0. The number of carboxylic acids is 1. The molecule has 0 fully saturated rings. The average molecular weight is 243 g/mol. The fraction of sp³-hybridized carbons (Fsp3) is 0.700. The molecular formula is C10H17N3O4. The molecule has 0 aromatic carbocycles. The van der Waals surface area contributed by atoms with Crippen molar-refractivity contribution in [3.8, 4) is 0 Å². The Morgan fingerprint density at radius 1 is 1.47 bits per heavy atom. The zero-order valence-electron chi connectivity index (χ0n) is 9.69. The Morgan fingerprint density at radius 3 is 2.65 bits per heavy atom. The van der Waals surface area contributed by atoms with Crippen molar-refractivity contribution >= 4 is 17.6 Å². The quantitative estimate of drug-likeness (QED) is 0.378. The van der Waals surface area contributed by atoms with Gasteiger partial charge in [0.25, 0.3) is 5.91 Å². The summed E-state index contributed by atoms with van der Waals surface area (Å²) < 4.78 is 0. The highest BCUT2D eigenvalue weighted by Gasteiger charge is 2.44. The summed E-state index contributed by atoms with van der Waals surface area (Å²) in [6.07, 6.45) is 2.41. The zero-order valence-corrected chi connectivity index (χ0v) is 9.69. The molecule has 1 aliphatic heterocycles. The number of nitrogens with one attached hydrogen (secondary N) is 2. The molecule has 1 heterocycles. The summed E-state index contributed by atoms with van der Waals surface area (Å²) in [5.74, 6) is -1.20. The maximum absolute atomic E-state index is 11.6. The van der Waals surface area contributed by atoms with Crippen LogP contribution in [0, 0.1) is 0 Å². The fourth-order valence-corrected chi connectivity index (χ4v) is 1.81. The number of unbranched alkanes of at least 4 members (excludes halogenated alkanes) is 2. The van der Waals surface area contributed by atoms with E-state index in [-0.39, 0.29) is 12.3 Å². The first-order valence-electron chi connectivity index (χ1n) is 5.51. The maximum atomic E-state index is 11.6. The third-order valence-corrected chi connectivity index (χ3v) is 2.96. The van der Waals surface area contributed by atoms with Crippen molar-refractivity contribution < 1.29 is 19.9 Å². The van der Waals surface area contributed by atoms with Gasteiger partial charge in [0.2, 0.25) is 0 Å². The maximum Gasteiger partial charge on any atom is 0.303 e. The van der Waals surface area contributed by atoms with E-state index < -0.39 is 11.5 Å². The van der Waals surface area contributed by atoms with E-state index in [1.807, 2.05) is 5.48 Å². The first-order chi connectivity index (χ1) is 8.03. The number of rotatable bonds is 7. The predicted octanol–water partition coefficient (Wildman–Crippen LogP) is 0.245. The predicted molar refractivity (Wildman–Crippen MR) is 59.6 cm³/mol. The Bertz CT molecular complexity index is 342. The molecule has 0 bridgehead atoms. The summed E-state index contributed by atoms with van der Waals surface area (Å²) in [6, 6.07) is 0. The van der Waals surface area contributed by atoms with Crippen LogP contribution in [0.15, 0.2) is 5.10 Å². The van der Waals surface area contributed by atoms with Gasteiger partial charge in [-0.2, -0.15) is 10.6 Å². The minimum Gasteiger partial charge on any atom is -0.481 e. The molecule has 1 aliphatic rings. The van der Waals surface area contributed by atoms with E-state index >= 15 is 0 Å². The number of carboxylic acid groups (broad SMARTS) is 1. The second-order valence-corrected chi connectivity index (χ2v) is 4.11. The smallest absolute Gasteiger partial charge is 0.303 e. The number of amides is 1. The first-order valence-corrected chi connectivity index (χ1v) is 5.51. The number of hydrogen-bond acceptors (Lipinski definition) is 5. The van der Waals surface area contributed by atoms with Crippen LogP contribution in [0.1, 0.15) is 39.0 Å². The second kappa shape index (κ2) is 5.74. The highest BCUT2D eigenvalue weighted by Crippen LogP contribution is 2.21. The fourth-order valence-electron chi connectivity index (χ4n) is 1.81. The standard InChI is InChI=1S/C10H17N3O4/c1-7-10(13-17,9(16)12-11-7)6-4-2-3-5-8(14)15/h13,17H,2-6H2,1H3,(H,12,16)(H,14,15). The minimum atomic E-state index is -1.15. The molecule has 0 spiro atoms. The molecule has 0 aromatic heterocycles. The van der Waals surface area contributed by atoms with Crippen LogP contribution < -0.4 is 10.9 Å². The van der Waals surface area contributed by atoms with Gasteiger partial charge < -0.3 is 10.3 Å². The van der Waals surface area contributed by atoms with Crippen LogP contribution in [0.3, 0.4) is 0 Å². The molecule has 4 N–H and O–H groups in total. The Labute approximate surface area is 98.8 Å². The lowest BCUT2D eigenvalue weighted by Gasteiger charge is -2.24. The molecule has 7 nitrogen and oxygen atoms in total.